The molecule has 100 valence electrons. The van der Waals surface area contributed by atoms with E-state index in [-0.39, 0.29) is 11.8 Å². The highest BCUT2D eigenvalue weighted by Crippen LogP contribution is 2.18. The smallest absolute Gasteiger partial charge is 0.333 e. The molecule has 0 aromatic heterocycles. The number of carbonyl (C=O) groups excluding carboxylic acids is 1. The number of methoxy groups -OCH3 is 1. The zero-order valence-corrected chi connectivity index (χ0v) is 11.1. The molecule has 0 radical (unpaired) electrons. The van der Waals surface area contributed by atoms with Crippen LogP contribution in [0.25, 0.3) is 0 Å². The molecule has 0 saturated carbocycles. The molecule has 4 nitrogen and oxygen atoms in total. The molecule has 18 heavy (non-hydrogen) atoms. The maximum absolute atomic E-state index is 13.5. The van der Waals surface area contributed by atoms with Gasteiger partial charge in [-0.05, 0) is 38.5 Å². The molecule has 1 rings (SSSR count). The average Bonchev–Trinajstić information content (AvgIpc) is 2.27. The van der Waals surface area contributed by atoms with Crippen molar-refractivity contribution in [3.8, 4) is 5.75 Å². The van der Waals surface area contributed by atoms with Crippen molar-refractivity contribution in [1.29, 1.82) is 0 Å². The second-order valence-corrected chi connectivity index (χ2v) is 4.96. The van der Waals surface area contributed by atoms with Crippen molar-refractivity contribution in [2.75, 3.05) is 7.11 Å². The van der Waals surface area contributed by atoms with Crippen molar-refractivity contribution in [3.63, 3.8) is 0 Å². The maximum Gasteiger partial charge on any atom is 0.333 e. The lowest BCUT2D eigenvalue weighted by atomic mass is 9.98. The number of benzene rings is 1. The molecule has 1 aromatic rings. The Morgan fingerprint density at radius 2 is 2.06 bits per heavy atom. The van der Waals surface area contributed by atoms with Gasteiger partial charge in [0.15, 0.2) is 0 Å². The topological polar surface area (TPSA) is 38.8 Å². The summed E-state index contributed by atoms with van der Waals surface area (Å²) >= 11 is 0. The van der Waals surface area contributed by atoms with Crippen LogP contribution in [-0.2, 0) is 16.2 Å². The van der Waals surface area contributed by atoms with Gasteiger partial charge in [-0.25, -0.2) is 4.79 Å². The number of rotatable bonds is 4. The van der Waals surface area contributed by atoms with E-state index in [1.165, 1.54) is 7.11 Å². The Morgan fingerprint density at radius 3 is 2.61 bits per heavy atom. The molecule has 5 heteroatoms. The monoisotopic (exact) mass is 255 g/mol. The summed E-state index contributed by atoms with van der Waals surface area (Å²) in [5.41, 5.74) is -0.0859. The van der Waals surface area contributed by atoms with Crippen LogP contribution >= 0.6 is 0 Å². The molecule has 0 aliphatic heterocycles. The molecular weight excluding hydrogens is 237 g/mol. The molecule has 0 N–H and O–H groups in total. The predicted molar refractivity (Wildman–Crippen MR) is 65.2 cm³/mol. The second kappa shape index (κ2) is 5.82. The van der Waals surface area contributed by atoms with Crippen molar-refractivity contribution in [2.24, 2.45) is 5.41 Å². The molecule has 1 aromatic carbocycles. The summed E-state index contributed by atoms with van der Waals surface area (Å²) in [4.78, 5) is 16.0. The van der Waals surface area contributed by atoms with Gasteiger partial charge in [-0.3, -0.25) is 0 Å². The zero-order valence-electron chi connectivity index (χ0n) is 11.1. The average molecular weight is 255 g/mol. The molecule has 0 unspecified atom stereocenters. The summed E-state index contributed by atoms with van der Waals surface area (Å²) in [5.74, 6) is 0.0101. The van der Waals surface area contributed by atoms with Crippen LogP contribution in [0.2, 0.25) is 0 Å². The first-order valence-electron chi connectivity index (χ1n) is 5.61. The normalized spacial score (nSPS) is 11.4. The third-order valence-electron chi connectivity index (χ3n) is 2.24. The Labute approximate surface area is 106 Å². The van der Waals surface area contributed by atoms with Gasteiger partial charge in [-0.15, -0.1) is 0 Å². The predicted octanol–water partition coefficient (Wildman–Crippen LogP) is 2.89. The first-order chi connectivity index (χ1) is 8.32. The van der Waals surface area contributed by atoms with Crippen molar-refractivity contribution in [3.05, 3.63) is 29.8 Å². The van der Waals surface area contributed by atoms with Crippen molar-refractivity contribution >= 4 is 5.97 Å². The molecule has 0 fully saturated rings. The van der Waals surface area contributed by atoms with E-state index in [1.807, 2.05) is 0 Å². The molecule has 0 aliphatic carbocycles. The quantitative estimate of drug-likeness (QED) is 0.612. The summed E-state index contributed by atoms with van der Waals surface area (Å²) in [6.07, 6.45) is 0. The van der Waals surface area contributed by atoms with E-state index in [4.69, 9.17) is 4.74 Å². The van der Waals surface area contributed by atoms with Crippen molar-refractivity contribution < 1.29 is 18.9 Å². The van der Waals surface area contributed by atoms with E-state index in [2.05, 4.69) is 4.84 Å². The summed E-state index contributed by atoms with van der Waals surface area (Å²) in [5, 5.41) is 0.0301. The highest BCUT2D eigenvalue weighted by atomic mass is 19.2. The van der Waals surface area contributed by atoms with Gasteiger partial charge in [0, 0.05) is 5.29 Å². The number of hydroxylamine groups is 1. The minimum Gasteiger partial charge on any atom is -0.497 e. The Bertz CT molecular complexity index is 415. The highest BCUT2D eigenvalue weighted by Gasteiger charge is 2.26. The van der Waals surface area contributed by atoms with E-state index in [9.17, 15) is 9.28 Å². The summed E-state index contributed by atoms with van der Waals surface area (Å²) in [6, 6.07) is 6.90. The van der Waals surface area contributed by atoms with E-state index in [1.54, 1.807) is 45.0 Å². The maximum atomic E-state index is 13.5. The van der Waals surface area contributed by atoms with Gasteiger partial charge in [-0.1, -0.05) is 16.6 Å². The van der Waals surface area contributed by atoms with Gasteiger partial charge in [0.05, 0.1) is 19.1 Å². The lowest BCUT2D eigenvalue weighted by molar-refractivity contribution is -0.275. The molecule has 0 aliphatic rings. The third kappa shape index (κ3) is 4.33. The second-order valence-electron chi connectivity index (χ2n) is 4.96. The van der Waals surface area contributed by atoms with E-state index >= 15 is 0 Å². The fourth-order valence-corrected chi connectivity index (χ4v) is 1.17. The SMILES string of the molecule is COc1cccc(CN(F)OC(=O)C(C)(C)C)c1. The molecular formula is C13H18FNO3. The van der Waals surface area contributed by atoms with Crippen LogP contribution in [0.4, 0.5) is 4.48 Å². The van der Waals surface area contributed by atoms with Gasteiger partial charge in [0.25, 0.3) is 0 Å². The van der Waals surface area contributed by atoms with Crippen LogP contribution in [0.15, 0.2) is 24.3 Å². The largest absolute Gasteiger partial charge is 0.497 e. The zero-order chi connectivity index (χ0) is 13.8. The van der Waals surface area contributed by atoms with Crippen LogP contribution in [0, 0.1) is 5.41 Å². The number of hydrogen-bond acceptors (Lipinski definition) is 4. The molecule has 0 amide bonds. The Morgan fingerprint density at radius 1 is 1.39 bits per heavy atom. The van der Waals surface area contributed by atoms with Crippen LogP contribution in [0.1, 0.15) is 26.3 Å². The van der Waals surface area contributed by atoms with E-state index < -0.39 is 11.4 Å². The summed E-state index contributed by atoms with van der Waals surface area (Å²) < 4.78 is 18.5. The van der Waals surface area contributed by atoms with Gasteiger partial charge in [0.2, 0.25) is 0 Å². The van der Waals surface area contributed by atoms with Gasteiger partial charge in [0.1, 0.15) is 5.75 Å². The number of carbonyl (C=O) groups is 1. The van der Waals surface area contributed by atoms with Gasteiger partial charge in [-0.2, -0.15) is 0 Å². The lowest BCUT2D eigenvalue weighted by Crippen LogP contribution is -2.28. The van der Waals surface area contributed by atoms with Crippen LogP contribution in [0.5, 0.6) is 5.75 Å². The number of nitrogens with zero attached hydrogens (tertiary/aromatic N) is 1. The highest BCUT2D eigenvalue weighted by molar-refractivity contribution is 5.74. The van der Waals surface area contributed by atoms with Gasteiger partial charge >= 0.3 is 5.97 Å². The number of ether oxygens (including phenoxy) is 1. The van der Waals surface area contributed by atoms with Crippen LogP contribution < -0.4 is 4.74 Å². The fourth-order valence-electron chi connectivity index (χ4n) is 1.17. The minimum atomic E-state index is -0.737. The number of halogens is 1. The van der Waals surface area contributed by atoms with Crippen molar-refractivity contribution in [1.82, 2.24) is 5.29 Å². The molecule has 0 saturated heterocycles. The number of hydrogen-bond donors (Lipinski definition) is 0. The molecule has 0 spiro atoms. The molecule has 0 heterocycles. The summed E-state index contributed by atoms with van der Waals surface area (Å²) in [7, 11) is 1.53. The van der Waals surface area contributed by atoms with E-state index in [0.29, 0.717) is 11.3 Å². The fraction of sp³-hybridized carbons (Fsp3) is 0.462. The standard InChI is InChI=1S/C13H18FNO3/c1-13(2,3)12(16)18-15(14)9-10-6-5-7-11(8-10)17-4/h5-8H,9H2,1-4H3. The van der Waals surface area contributed by atoms with Crippen LogP contribution in [-0.4, -0.2) is 18.4 Å². The Balaban J connectivity index is 2.59. The third-order valence-corrected chi connectivity index (χ3v) is 2.24. The van der Waals surface area contributed by atoms with Crippen molar-refractivity contribution in [2.45, 2.75) is 27.3 Å². The van der Waals surface area contributed by atoms with E-state index in [0.717, 1.165) is 0 Å². The molecule has 0 bridgehead atoms. The Kier molecular flexibility index (Phi) is 4.67. The first kappa shape index (κ1) is 14.4. The first-order valence-corrected chi connectivity index (χ1v) is 5.61. The van der Waals surface area contributed by atoms with Gasteiger partial charge < -0.3 is 9.57 Å². The molecule has 0 atom stereocenters. The summed E-state index contributed by atoms with van der Waals surface area (Å²) in [6.45, 7) is 4.84. The minimum absolute atomic E-state index is 0.0301. The Hall–Kier alpha value is -1.62. The van der Waals surface area contributed by atoms with Crippen LogP contribution in [0.3, 0.4) is 0 Å². The lowest BCUT2D eigenvalue weighted by Gasteiger charge is -2.19.